The number of thioether (sulfide) groups is 1. The second kappa shape index (κ2) is 13.5. The smallest absolute Gasteiger partial charge is 0.391 e. The van der Waals surface area contributed by atoms with Gasteiger partial charge in [0.2, 0.25) is 5.95 Å². The van der Waals surface area contributed by atoms with Crippen LogP contribution >= 0.6 is 24.4 Å². The number of carbonyl (C=O) groups is 1. The Bertz CT molecular complexity index is 540. The molecule has 27 heavy (non-hydrogen) atoms. The number of thiol groups is 1. The van der Waals surface area contributed by atoms with Crippen LogP contribution in [0.4, 0.5) is 5.95 Å². The Kier molecular flexibility index (Phi) is 12.2. The van der Waals surface area contributed by atoms with E-state index in [0.717, 1.165) is 17.9 Å². The summed E-state index contributed by atoms with van der Waals surface area (Å²) in [4.78, 5) is 15.0. The molecule has 0 amide bonds. The average Bonchev–Trinajstić information content (AvgIpc) is 3.12. The molecule has 9 nitrogen and oxygen atoms in total. The van der Waals surface area contributed by atoms with E-state index in [1.165, 1.54) is 0 Å². The summed E-state index contributed by atoms with van der Waals surface area (Å²) in [5.41, 5.74) is 0. The molecule has 12 heteroatoms. The van der Waals surface area contributed by atoms with Crippen molar-refractivity contribution in [2.75, 3.05) is 44.7 Å². The highest BCUT2D eigenvalue weighted by Crippen LogP contribution is 2.17. The number of anilines is 1. The van der Waals surface area contributed by atoms with Crippen molar-refractivity contribution in [2.24, 2.45) is 0 Å². The third-order valence-electron chi connectivity index (χ3n) is 3.85. The topological polar surface area (TPSA) is 119 Å². The van der Waals surface area contributed by atoms with E-state index in [0.29, 0.717) is 30.0 Å². The number of aliphatic hydroxyl groups is 1. The van der Waals surface area contributed by atoms with E-state index in [9.17, 15) is 9.90 Å². The predicted molar refractivity (Wildman–Crippen MR) is 111 cm³/mol. The van der Waals surface area contributed by atoms with E-state index < -0.39 is 14.9 Å². The van der Waals surface area contributed by atoms with Gasteiger partial charge < -0.3 is 28.7 Å². The van der Waals surface area contributed by atoms with Gasteiger partial charge in [0, 0.05) is 52.5 Å². The molecule has 0 saturated carbocycles. The molecular formula is C15H30N4O5S2Si. The van der Waals surface area contributed by atoms with Gasteiger partial charge in [-0.1, -0.05) is 11.8 Å². The van der Waals surface area contributed by atoms with Gasteiger partial charge in [-0.25, -0.2) is 0 Å². The van der Waals surface area contributed by atoms with Crippen molar-refractivity contribution >= 4 is 44.9 Å². The lowest BCUT2D eigenvalue weighted by Gasteiger charge is -2.24. The molecule has 1 aromatic heterocycles. The molecule has 0 aliphatic heterocycles. The lowest BCUT2D eigenvalue weighted by Crippen LogP contribution is -2.42. The molecule has 0 aliphatic carbocycles. The van der Waals surface area contributed by atoms with Crippen LogP contribution in [0.2, 0.25) is 6.04 Å². The summed E-state index contributed by atoms with van der Waals surface area (Å²) in [5, 5.41) is 21.7. The minimum absolute atomic E-state index is 0.0175. The van der Waals surface area contributed by atoms with E-state index in [4.69, 9.17) is 13.3 Å². The summed E-state index contributed by atoms with van der Waals surface area (Å²) in [7, 11) is 1.99. The molecule has 0 saturated heterocycles. The third kappa shape index (κ3) is 9.41. The SMILES string of the molecule is CO[Si](CCCC(=O)CC(O)CNc1nnc(SCCCS)[nH]1)(OC)OC. The monoisotopic (exact) mass is 438 g/mol. The summed E-state index contributed by atoms with van der Waals surface area (Å²) in [6, 6.07) is 0.558. The first-order valence-electron chi connectivity index (χ1n) is 8.74. The zero-order valence-corrected chi connectivity index (χ0v) is 18.8. The van der Waals surface area contributed by atoms with E-state index in [-0.39, 0.29) is 18.7 Å². The lowest BCUT2D eigenvalue weighted by atomic mass is 10.1. The van der Waals surface area contributed by atoms with Gasteiger partial charge in [-0.05, 0) is 18.6 Å². The first-order valence-corrected chi connectivity index (χ1v) is 12.3. The van der Waals surface area contributed by atoms with E-state index in [2.05, 4.69) is 33.1 Å². The summed E-state index contributed by atoms with van der Waals surface area (Å²) < 4.78 is 16.0. The fraction of sp³-hybridized carbons (Fsp3) is 0.800. The number of hydrogen-bond donors (Lipinski definition) is 4. The highest BCUT2D eigenvalue weighted by molar-refractivity contribution is 7.99. The number of H-pyrrole nitrogens is 1. The zero-order valence-electron chi connectivity index (χ0n) is 16.1. The Labute approximate surface area is 171 Å². The number of Topliss-reactive ketones (excluding diaryl/α,β-unsaturated/α-hetero) is 1. The Morgan fingerprint density at radius 2 is 2.00 bits per heavy atom. The highest BCUT2D eigenvalue weighted by Gasteiger charge is 2.37. The summed E-state index contributed by atoms with van der Waals surface area (Å²) >= 11 is 5.73. The average molecular weight is 439 g/mol. The minimum atomic E-state index is -2.65. The fourth-order valence-electron chi connectivity index (χ4n) is 2.33. The van der Waals surface area contributed by atoms with Crippen molar-refractivity contribution in [3.8, 4) is 0 Å². The van der Waals surface area contributed by atoms with Crippen molar-refractivity contribution in [3.63, 3.8) is 0 Å². The van der Waals surface area contributed by atoms with Crippen LogP contribution in [0.25, 0.3) is 0 Å². The maximum atomic E-state index is 12.0. The molecule has 0 fully saturated rings. The molecule has 0 spiro atoms. The molecule has 0 bridgehead atoms. The van der Waals surface area contributed by atoms with Crippen molar-refractivity contribution in [1.82, 2.24) is 15.2 Å². The first-order chi connectivity index (χ1) is 13.0. The van der Waals surface area contributed by atoms with Gasteiger partial charge in [0.15, 0.2) is 5.16 Å². The van der Waals surface area contributed by atoms with Crippen LogP contribution in [0.1, 0.15) is 25.7 Å². The highest BCUT2D eigenvalue weighted by atomic mass is 32.2. The second-order valence-corrected chi connectivity index (χ2v) is 10.5. The van der Waals surface area contributed by atoms with E-state index in [1.807, 2.05) is 0 Å². The van der Waals surface area contributed by atoms with Gasteiger partial charge in [-0.2, -0.15) is 12.6 Å². The number of ketones is 1. The summed E-state index contributed by atoms with van der Waals surface area (Å²) in [5.74, 6) is 2.20. The maximum Gasteiger partial charge on any atom is 0.500 e. The molecule has 156 valence electrons. The van der Waals surface area contributed by atoms with Crippen LogP contribution in [0.15, 0.2) is 5.16 Å². The molecule has 1 rings (SSSR count). The number of hydrogen-bond acceptors (Lipinski definition) is 10. The number of aromatic nitrogens is 3. The van der Waals surface area contributed by atoms with Gasteiger partial charge in [0.1, 0.15) is 5.78 Å². The second-order valence-electron chi connectivity index (χ2n) is 5.83. The van der Waals surface area contributed by atoms with Gasteiger partial charge in [0.25, 0.3) is 0 Å². The largest absolute Gasteiger partial charge is 0.500 e. The van der Waals surface area contributed by atoms with E-state index in [1.54, 1.807) is 33.1 Å². The van der Waals surface area contributed by atoms with Gasteiger partial charge in [-0.15, -0.1) is 10.2 Å². The minimum Gasteiger partial charge on any atom is -0.391 e. The Hall–Kier alpha value is -0.633. The third-order valence-corrected chi connectivity index (χ3v) is 7.95. The molecule has 1 atom stereocenters. The molecule has 1 aromatic rings. The number of carbonyl (C=O) groups excluding carboxylic acids is 1. The fourth-order valence-corrected chi connectivity index (χ4v) is 5.18. The molecule has 1 unspecified atom stereocenters. The molecule has 0 aliphatic rings. The summed E-state index contributed by atoms with van der Waals surface area (Å²) in [6.45, 7) is 0.217. The van der Waals surface area contributed by atoms with Crippen LogP contribution in [0, 0.1) is 0 Å². The van der Waals surface area contributed by atoms with Crippen LogP contribution < -0.4 is 5.32 Å². The molecule has 0 aromatic carbocycles. The molecule has 0 radical (unpaired) electrons. The van der Waals surface area contributed by atoms with Crippen LogP contribution in [0.5, 0.6) is 0 Å². The predicted octanol–water partition coefficient (Wildman–Crippen LogP) is 1.61. The van der Waals surface area contributed by atoms with Gasteiger partial charge in [0.05, 0.1) is 6.10 Å². The lowest BCUT2D eigenvalue weighted by molar-refractivity contribution is -0.120. The van der Waals surface area contributed by atoms with E-state index >= 15 is 0 Å². The number of nitrogens with zero attached hydrogens (tertiary/aromatic N) is 2. The molecular weight excluding hydrogens is 408 g/mol. The van der Waals surface area contributed by atoms with Crippen molar-refractivity contribution < 1.29 is 23.2 Å². The number of aliphatic hydroxyl groups excluding tert-OH is 1. The van der Waals surface area contributed by atoms with Crippen LogP contribution in [-0.2, 0) is 18.1 Å². The normalized spacial score (nSPS) is 12.9. The Morgan fingerprint density at radius 3 is 2.63 bits per heavy atom. The van der Waals surface area contributed by atoms with Crippen LogP contribution in [-0.4, -0.2) is 80.4 Å². The van der Waals surface area contributed by atoms with Gasteiger partial charge in [-0.3, -0.25) is 4.79 Å². The standard InChI is InChI=1S/C15H30N4O5S2Si/c1-22-27(23-2,24-3)9-4-6-12(20)10-13(21)11-16-14-17-15(19-18-14)26-8-5-7-25/h13,21,25H,4-11H2,1-3H3,(H2,16,17,18,19). The molecule has 3 N–H and O–H groups in total. The Morgan fingerprint density at radius 1 is 1.30 bits per heavy atom. The van der Waals surface area contributed by atoms with Crippen molar-refractivity contribution in [2.45, 2.75) is 43.0 Å². The number of aromatic amines is 1. The first kappa shape index (κ1) is 24.4. The number of nitrogens with one attached hydrogen (secondary N) is 2. The number of rotatable bonds is 16. The van der Waals surface area contributed by atoms with Gasteiger partial charge >= 0.3 is 8.80 Å². The maximum absolute atomic E-state index is 12.0. The van der Waals surface area contributed by atoms with Crippen molar-refractivity contribution in [1.29, 1.82) is 0 Å². The zero-order chi connectivity index (χ0) is 20.1. The van der Waals surface area contributed by atoms with Crippen LogP contribution in [0.3, 0.4) is 0 Å². The molecule has 1 heterocycles. The Balaban J connectivity index is 2.25. The van der Waals surface area contributed by atoms with Crippen molar-refractivity contribution in [3.05, 3.63) is 0 Å². The quantitative estimate of drug-likeness (QED) is 0.132. The summed E-state index contributed by atoms with van der Waals surface area (Å²) in [6.07, 6.45) is 1.20.